The third kappa shape index (κ3) is 4.30. The Morgan fingerprint density at radius 1 is 0.767 bits per heavy atom. The van der Waals surface area contributed by atoms with Gasteiger partial charge in [0.1, 0.15) is 0 Å². The fraction of sp³-hybridized carbons (Fsp3) is 0. The lowest BCUT2D eigenvalue weighted by molar-refractivity contribution is 0.102. The van der Waals surface area contributed by atoms with Gasteiger partial charge in [0.15, 0.2) is 0 Å². The topological polar surface area (TPSA) is 75.3 Å². The van der Waals surface area contributed by atoms with Gasteiger partial charge in [-0.25, -0.2) is 8.42 Å². The summed E-state index contributed by atoms with van der Waals surface area (Å²) < 4.78 is 28.0. The van der Waals surface area contributed by atoms with Crippen LogP contribution >= 0.6 is 11.6 Å². The number of amides is 1. The summed E-state index contributed by atoms with van der Waals surface area (Å²) in [4.78, 5) is 12.6. The molecule has 0 heterocycles. The van der Waals surface area contributed by atoms with E-state index in [1.54, 1.807) is 66.7 Å². The van der Waals surface area contributed by atoms with E-state index in [1.165, 1.54) is 0 Å². The summed E-state index contributed by atoms with van der Waals surface area (Å²) in [5.41, 5.74) is 1.24. The zero-order valence-corrected chi connectivity index (χ0v) is 17.2. The van der Waals surface area contributed by atoms with Gasteiger partial charge in [-0.1, -0.05) is 54.1 Å². The largest absolute Gasteiger partial charge is 0.321 e. The molecule has 0 aliphatic rings. The Bertz CT molecular complexity index is 1340. The molecular weight excluding hydrogens is 420 g/mol. The molecule has 0 saturated heterocycles. The molecule has 0 atom stereocenters. The standard InChI is InChI=1S/C23H17ClN2O3S/c24-21-7-3-4-8-22(21)25-23(27)17-9-12-19(13-10-17)26-30(28,29)20-14-11-16-5-1-2-6-18(16)15-20/h1-15,26H,(H,25,27). The van der Waals surface area contributed by atoms with Crippen LogP contribution in [0.5, 0.6) is 0 Å². The molecule has 0 aromatic heterocycles. The van der Waals surface area contributed by atoms with Crippen LogP contribution in [0.25, 0.3) is 10.8 Å². The van der Waals surface area contributed by atoms with Crippen LogP contribution < -0.4 is 10.0 Å². The van der Waals surface area contributed by atoms with Crippen molar-refractivity contribution >= 4 is 49.7 Å². The molecule has 1 amide bonds. The Morgan fingerprint density at radius 3 is 2.17 bits per heavy atom. The summed E-state index contributed by atoms with van der Waals surface area (Å²) in [6.07, 6.45) is 0. The van der Waals surface area contributed by atoms with Crippen molar-refractivity contribution in [3.05, 3.63) is 102 Å². The van der Waals surface area contributed by atoms with E-state index in [0.717, 1.165) is 10.8 Å². The number of fused-ring (bicyclic) bond motifs is 1. The van der Waals surface area contributed by atoms with Gasteiger partial charge >= 0.3 is 0 Å². The highest BCUT2D eigenvalue weighted by molar-refractivity contribution is 7.92. The van der Waals surface area contributed by atoms with E-state index >= 15 is 0 Å². The first-order valence-corrected chi connectivity index (χ1v) is 11.0. The number of para-hydroxylation sites is 1. The van der Waals surface area contributed by atoms with E-state index in [1.807, 2.05) is 24.3 Å². The first-order valence-electron chi connectivity index (χ1n) is 9.10. The van der Waals surface area contributed by atoms with Crippen molar-refractivity contribution in [3.8, 4) is 0 Å². The zero-order valence-electron chi connectivity index (χ0n) is 15.7. The van der Waals surface area contributed by atoms with Gasteiger partial charge in [0.05, 0.1) is 15.6 Å². The molecule has 30 heavy (non-hydrogen) atoms. The molecule has 150 valence electrons. The van der Waals surface area contributed by atoms with E-state index in [-0.39, 0.29) is 10.8 Å². The fourth-order valence-corrected chi connectivity index (χ4v) is 4.27. The molecule has 4 aromatic rings. The minimum atomic E-state index is -3.76. The van der Waals surface area contributed by atoms with Gasteiger partial charge in [-0.15, -0.1) is 0 Å². The average Bonchev–Trinajstić information content (AvgIpc) is 2.75. The summed E-state index contributed by atoms with van der Waals surface area (Å²) in [5, 5.41) is 4.97. The van der Waals surface area contributed by atoms with E-state index in [9.17, 15) is 13.2 Å². The first-order chi connectivity index (χ1) is 14.4. The maximum Gasteiger partial charge on any atom is 0.261 e. The third-order valence-corrected chi connectivity index (χ3v) is 6.26. The lowest BCUT2D eigenvalue weighted by Gasteiger charge is -2.10. The number of anilines is 2. The Kier molecular flexibility index (Phi) is 5.44. The molecule has 4 rings (SSSR count). The molecule has 0 unspecified atom stereocenters. The molecule has 4 aromatic carbocycles. The minimum Gasteiger partial charge on any atom is -0.321 e. The van der Waals surface area contributed by atoms with E-state index in [2.05, 4.69) is 10.0 Å². The zero-order chi connectivity index (χ0) is 21.1. The lowest BCUT2D eigenvalue weighted by atomic mass is 10.1. The SMILES string of the molecule is O=C(Nc1ccccc1Cl)c1ccc(NS(=O)(=O)c2ccc3ccccc3c2)cc1. The van der Waals surface area contributed by atoms with E-state index < -0.39 is 10.0 Å². The predicted molar refractivity (Wildman–Crippen MR) is 121 cm³/mol. The number of hydrogen-bond acceptors (Lipinski definition) is 3. The highest BCUT2D eigenvalue weighted by Gasteiger charge is 2.15. The van der Waals surface area contributed by atoms with Crippen molar-refractivity contribution in [1.29, 1.82) is 0 Å². The molecule has 0 aliphatic carbocycles. The maximum absolute atomic E-state index is 12.7. The van der Waals surface area contributed by atoms with Gasteiger partial charge in [-0.3, -0.25) is 9.52 Å². The molecule has 7 heteroatoms. The molecule has 0 fully saturated rings. The van der Waals surface area contributed by atoms with Gasteiger partial charge in [0, 0.05) is 11.3 Å². The molecule has 0 aliphatic heterocycles. The second-order valence-corrected chi connectivity index (χ2v) is 8.72. The van der Waals surface area contributed by atoms with Crippen LogP contribution in [0.1, 0.15) is 10.4 Å². The van der Waals surface area contributed by atoms with Crippen LogP contribution in [0.4, 0.5) is 11.4 Å². The van der Waals surface area contributed by atoms with Gasteiger partial charge in [-0.2, -0.15) is 0 Å². The molecule has 0 spiro atoms. The normalized spacial score (nSPS) is 11.2. The number of rotatable bonds is 5. The lowest BCUT2D eigenvalue weighted by Crippen LogP contribution is -2.14. The first kappa shape index (κ1) is 19.9. The Morgan fingerprint density at radius 2 is 1.43 bits per heavy atom. The number of halogens is 1. The van der Waals surface area contributed by atoms with E-state index in [4.69, 9.17) is 11.6 Å². The monoisotopic (exact) mass is 436 g/mol. The summed E-state index contributed by atoms with van der Waals surface area (Å²) in [6.45, 7) is 0. The highest BCUT2D eigenvalue weighted by atomic mass is 35.5. The van der Waals surface area contributed by atoms with Crippen LogP contribution in [0.2, 0.25) is 5.02 Å². The van der Waals surface area contributed by atoms with Crippen LogP contribution in [0.15, 0.2) is 95.9 Å². The average molecular weight is 437 g/mol. The maximum atomic E-state index is 12.7. The van der Waals surface area contributed by atoms with Gasteiger partial charge in [0.2, 0.25) is 0 Å². The van der Waals surface area contributed by atoms with Gasteiger partial charge in [-0.05, 0) is 59.3 Å². The number of nitrogens with one attached hydrogen (secondary N) is 2. The Hall–Kier alpha value is -3.35. The third-order valence-electron chi connectivity index (χ3n) is 4.55. The van der Waals surface area contributed by atoms with E-state index in [0.29, 0.717) is 22.0 Å². The van der Waals surface area contributed by atoms with Crippen molar-refractivity contribution in [3.63, 3.8) is 0 Å². The number of hydrogen-bond donors (Lipinski definition) is 2. The Balaban J connectivity index is 1.50. The number of benzene rings is 4. The molecular formula is C23H17ClN2O3S. The van der Waals surface area contributed by atoms with Crippen LogP contribution in [-0.2, 0) is 10.0 Å². The number of carbonyl (C=O) groups is 1. The second kappa shape index (κ2) is 8.18. The predicted octanol–water partition coefficient (Wildman–Crippen LogP) is 5.55. The van der Waals surface area contributed by atoms with Crippen molar-refractivity contribution in [2.45, 2.75) is 4.90 Å². The van der Waals surface area contributed by atoms with Crippen molar-refractivity contribution in [2.24, 2.45) is 0 Å². The molecule has 0 bridgehead atoms. The van der Waals surface area contributed by atoms with Crippen LogP contribution in [0, 0.1) is 0 Å². The number of sulfonamides is 1. The quantitative estimate of drug-likeness (QED) is 0.431. The summed E-state index contributed by atoms with van der Waals surface area (Å²) in [6, 6.07) is 25.6. The summed E-state index contributed by atoms with van der Waals surface area (Å²) in [5.74, 6) is -0.341. The molecule has 0 radical (unpaired) electrons. The number of carbonyl (C=O) groups excluding carboxylic acids is 1. The highest BCUT2D eigenvalue weighted by Crippen LogP contribution is 2.23. The van der Waals surface area contributed by atoms with Crippen molar-refractivity contribution in [2.75, 3.05) is 10.0 Å². The van der Waals surface area contributed by atoms with Gasteiger partial charge < -0.3 is 5.32 Å². The van der Waals surface area contributed by atoms with Gasteiger partial charge in [0.25, 0.3) is 15.9 Å². The second-order valence-electron chi connectivity index (χ2n) is 6.63. The summed E-state index contributed by atoms with van der Waals surface area (Å²) in [7, 11) is -3.76. The summed E-state index contributed by atoms with van der Waals surface area (Å²) >= 11 is 6.06. The smallest absolute Gasteiger partial charge is 0.261 e. The Labute approximate surface area is 179 Å². The van der Waals surface area contributed by atoms with Crippen molar-refractivity contribution < 1.29 is 13.2 Å². The molecule has 5 nitrogen and oxygen atoms in total. The molecule has 2 N–H and O–H groups in total. The molecule has 0 saturated carbocycles. The van der Waals surface area contributed by atoms with Crippen LogP contribution in [-0.4, -0.2) is 14.3 Å². The minimum absolute atomic E-state index is 0.168. The van der Waals surface area contributed by atoms with Crippen LogP contribution in [0.3, 0.4) is 0 Å². The fourth-order valence-electron chi connectivity index (χ4n) is 3.00. The van der Waals surface area contributed by atoms with Crippen molar-refractivity contribution in [1.82, 2.24) is 0 Å².